The lowest BCUT2D eigenvalue weighted by atomic mass is 9.45. The SMILES string of the molecule is COc1cc2ncnc(OC34CC(N5C(=O)CN(c6cccc(C(F)(F)F)c6)C5=O)(C3)C4)c2cc1OC. The molecule has 1 aliphatic heterocycles. The first-order chi connectivity index (χ1) is 17.6. The Labute approximate surface area is 208 Å². The Balaban J connectivity index is 1.20. The number of anilines is 1. The Kier molecular flexibility index (Phi) is 4.85. The zero-order chi connectivity index (χ0) is 26.2. The second-order valence-corrected chi connectivity index (χ2v) is 9.59. The molecule has 9 nitrogen and oxygen atoms in total. The van der Waals surface area contributed by atoms with E-state index >= 15 is 0 Å². The van der Waals surface area contributed by atoms with Gasteiger partial charge in [-0.1, -0.05) is 6.07 Å². The fraction of sp³-hybridized carbons (Fsp3) is 0.360. The normalized spacial score (nSPS) is 24.7. The number of carbonyl (C=O) groups excluding carboxylic acids is 2. The highest BCUT2D eigenvalue weighted by Crippen LogP contribution is 2.66. The van der Waals surface area contributed by atoms with Gasteiger partial charge in [-0.3, -0.25) is 14.6 Å². The first kappa shape index (κ1) is 23.3. The Bertz CT molecular complexity index is 1440. The maximum atomic E-state index is 13.2. The lowest BCUT2D eigenvalue weighted by molar-refractivity contribution is -0.235. The van der Waals surface area contributed by atoms with Crippen LogP contribution >= 0.6 is 0 Å². The summed E-state index contributed by atoms with van der Waals surface area (Å²) in [6.07, 6.45) is -1.95. The number of hydrogen-bond donors (Lipinski definition) is 0. The number of nitrogens with zero attached hydrogens (tertiary/aromatic N) is 4. The Morgan fingerprint density at radius 2 is 1.68 bits per heavy atom. The average molecular weight is 514 g/mol. The number of methoxy groups -OCH3 is 2. The number of rotatable bonds is 6. The van der Waals surface area contributed by atoms with E-state index in [2.05, 4.69) is 9.97 Å². The molecule has 3 aliphatic carbocycles. The molecule has 37 heavy (non-hydrogen) atoms. The molecule has 0 radical (unpaired) electrons. The maximum Gasteiger partial charge on any atom is 0.416 e. The molecule has 0 N–H and O–H groups in total. The van der Waals surface area contributed by atoms with Crippen molar-refractivity contribution in [2.24, 2.45) is 0 Å². The standard InChI is InChI=1S/C25H21F3N4O5/c1-35-18-7-16-17(8-19(18)36-2)29-13-30-21(16)37-24-10-23(11-24,12-24)32-20(33)9-31(22(32)34)15-5-3-4-14(6-15)25(26,27)28/h3-8,13H,9-12H2,1-2H3. The zero-order valence-electron chi connectivity index (χ0n) is 19.8. The minimum Gasteiger partial charge on any atom is -0.493 e. The summed E-state index contributed by atoms with van der Waals surface area (Å²) in [4.78, 5) is 36.8. The molecule has 4 aliphatic rings. The van der Waals surface area contributed by atoms with E-state index in [1.54, 1.807) is 12.1 Å². The molecule has 7 rings (SSSR count). The molecular formula is C25H21F3N4O5. The van der Waals surface area contributed by atoms with Gasteiger partial charge in [0.05, 0.1) is 36.2 Å². The topological polar surface area (TPSA) is 94.1 Å². The molecule has 3 saturated carbocycles. The van der Waals surface area contributed by atoms with Crippen LogP contribution in [0.15, 0.2) is 42.7 Å². The molecular weight excluding hydrogens is 493 g/mol. The summed E-state index contributed by atoms with van der Waals surface area (Å²) >= 11 is 0. The number of benzene rings is 2. The average Bonchev–Trinajstić information content (AvgIpc) is 3.12. The summed E-state index contributed by atoms with van der Waals surface area (Å²) in [6, 6.07) is 7.24. The molecule has 3 amide bonds. The Hall–Kier alpha value is -4.09. The highest BCUT2D eigenvalue weighted by molar-refractivity contribution is 6.13. The minimum absolute atomic E-state index is 0.0325. The summed E-state index contributed by atoms with van der Waals surface area (Å²) in [7, 11) is 3.05. The van der Waals surface area contributed by atoms with Gasteiger partial charge in [-0.05, 0) is 24.3 Å². The van der Waals surface area contributed by atoms with E-state index in [1.807, 2.05) is 0 Å². The van der Waals surface area contributed by atoms with Gasteiger partial charge in [0.15, 0.2) is 11.5 Å². The van der Waals surface area contributed by atoms with E-state index < -0.39 is 34.8 Å². The van der Waals surface area contributed by atoms with Gasteiger partial charge in [-0.2, -0.15) is 13.2 Å². The van der Waals surface area contributed by atoms with E-state index in [-0.39, 0.29) is 12.2 Å². The molecule has 2 bridgehead atoms. The lowest BCUT2D eigenvalue weighted by Crippen LogP contribution is -2.81. The lowest BCUT2D eigenvalue weighted by Gasteiger charge is -2.70. The number of imide groups is 1. The van der Waals surface area contributed by atoms with Gasteiger partial charge in [-0.15, -0.1) is 0 Å². The number of halogens is 3. The molecule has 192 valence electrons. The smallest absolute Gasteiger partial charge is 0.416 e. The van der Waals surface area contributed by atoms with E-state index in [4.69, 9.17) is 14.2 Å². The third-order valence-corrected chi connectivity index (χ3v) is 7.30. The van der Waals surface area contributed by atoms with Crippen molar-refractivity contribution in [3.05, 3.63) is 48.3 Å². The second-order valence-electron chi connectivity index (χ2n) is 9.59. The van der Waals surface area contributed by atoms with E-state index in [0.717, 1.165) is 17.0 Å². The maximum absolute atomic E-state index is 13.2. The highest BCUT2D eigenvalue weighted by Gasteiger charge is 2.76. The van der Waals surface area contributed by atoms with Crippen molar-refractivity contribution in [3.63, 3.8) is 0 Å². The van der Waals surface area contributed by atoms with Crippen molar-refractivity contribution >= 4 is 28.5 Å². The fourth-order valence-corrected chi connectivity index (χ4v) is 5.66. The summed E-state index contributed by atoms with van der Waals surface area (Å²) in [5.74, 6) is 0.913. The van der Waals surface area contributed by atoms with Crippen LogP contribution in [0.3, 0.4) is 0 Å². The van der Waals surface area contributed by atoms with Gasteiger partial charge in [0.2, 0.25) is 5.88 Å². The number of alkyl halides is 3. The fourth-order valence-electron chi connectivity index (χ4n) is 5.66. The van der Waals surface area contributed by atoms with Crippen LogP contribution in [0.4, 0.5) is 23.7 Å². The quantitative estimate of drug-likeness (QED) is 0.456. The predicted octanol–water partition coefficient (Wildman–Crippen LogP) is 4.19. The van der Waals surface area contributed by atoms with Gasteiger partial charge in [0, 0.05) is 31.0 Å². The number of urea groups is 1. The van der Waals surface area contributed by atoms with Crippen molar-refractivity contribution < 1.29 is 37.0 Å². The second kappa shape index (κ2) is 7.70. The largest absolute Gasteiger partial charge is 0.493 e. The number of carbonyl (C=O) groups is 2. The van der Waals surface area contributed by atoms with Crippen LogP contribution in [0, 0.1) is 0 Å². The van der Waals surface area contributed by atoms with Gasteiger partial charge in [-0.25, -0.2) is 14.8 Å². The first-order valence-electron chi connectivity index (χ1n) is 11.5. The molecule has 4 fully saturated rings. The van der Waals surface area contributed by atoms with E-state index in [9.17, 15) is 22.8 Å². The molecule has 1 saturated heterocycles. The van der Waals surface area contributed by atoms with Gasteiger partial charge < -0.3 is 14.2 Å². The summed E-state index contributed by atoms with van der Waals surface area (Å²) < 4.78 is 56.4. The van der Waals surface area contributed by atoms with Crippen LogP contribution < -0.4 is 19.1 Å². The van der Waals surface area contributed by atoms with Crippen LogP contribution in [0.25, 0.3) is 10.9 Å². The summed E-state index contributed by atoms with van der Waals surface area (Å²) in [6.45, 7) is -0.312. The number of amides is 3. The van der Waals surface area contributed by atoms with Crippen LogP contribution in [-0.2, 0) is 11.0 Å². The van der Waals surface area contributed by atoms with Crippen molar-refractivity contribution in [1.29, 1.82) is 0 Å². The molecule has 2 heterocycles. The van der Waals surface area contributed by atoms with Gasteiger partial charge in [0.25, 0.3) is 5.91 Å². The molecule has 3 aromatic rings. The Morgan fingerprint density at radius 3 is 2.35 bits per heavy atom. The highest BCUT2D eigenvalue weighted by atomic mass is 19.4. The molecule has 12 heteroatoms. The zero-order valence-corrected chi connectivity index (χ0v) is 19.8. The summed E-state index contributed by atoms with van der Waals surface area (Å²) in [5, 5.41) is 0.628. The van der Waals surface area contributed by atoms with Crippen molar-refractivity contribution in [2.45, 2.75) is 36.6 Å². The van der Waals surface area contributed by atoms with E-state index in [1.165, 1.54) is 37.6 Å². The van der Waals surface area contributed by atoms with Crippen LogP contribution in [0.5, 0.6) is 17.4 Å². The molecule has 0 atom stereocenters. The van der Waals surface area contributed by atoms with Gasteiger partial charge in [0.1, 0.15) is 18.5 Å². The predicted molar refractivity (Wildman–Crippen MR) is 124 cm³/mol. The molecule has 0 spiro atoms. The Morgan fingerprint density at radius 1 is 0.973 bits per heavy atom. The number of hydrogen-bond acceptors (Lipinski definition) is 7. The molecule has 2 aromatic carbocycles. The molecule has 0 unspecified atom stereocenters. The monoisotopic (exact) mass is 514 g/mol. The van der Waals surface area contributed by atoms with E-state index in [0.29, 0.717) is 47.5 Å². The van der Waals surface area contributed by atoms with Crippen LogP contribution in [-0.4, -0.2) is 58.7 Å². The number of ether oxygens (including phenoxy) is 3. The van der Waals surface area contributed by atoms with Gasteiger partial charge >= 0.3 is 12.2 Å². The summed E-state index contributed by atoms with van der Waals surface area (Å²) in [5.41, 5.74) is -1.56. The van der Waals surface area contributed by atoms with Crippen molar-refractivity contribution in [3.8, 4) is 17.4 Å². The molecule has 1 aromatic heterocycles. The number of fused-ring (bicyclic) bond motifs is 1. The third-order valence-electron chi connectivity index (χ3n) is 7.30. The third kappa shape index (κ3) is 3.45. The van der Waals surface area contributed by atoms with Crippen molar-refractivity contribution in [1.82, 2.24) is 14.9 Å². The first-order valence-corrected chi connectivity index (χ1v) is 11.5. The van der Waals surface area contributed by atoms with Crippen LogP contribution in [0.1, 0.15) is 24.8 Å². The van der Waals surface area contributed by atoms with Crippen molar-refractivity contribution in [2.75, 3.05) is 25.7 Å². The number of aromatic nitrogens is 2. The van der Waals surface area contributed by atoms with Crippen LogP contribution in [0.2, 0.25) is 0 Å². The minimum atomic E-state index is -4.56.